The van der Waals surface area contributed by atoms with Crippen LogP contribution in [0.1, 0.15) is 58.3 Å². The van der Waals surface area contributed by atoms with E-state index in [4.69, 9.17) is 0 Å². The van der Waals surface area contributed by atoms with Gasteiger partial charge in [-0.3, -0.25) is 0 Å². The zero-order valence-corrected chi connectivity index (χ0v) is 8.57. The molecule has 0 heterocycles. The molecule has 0 aliphatic rings. The summed E-state index contributed by atoms with van der Waals surface area (Å²) in [5, 5.41) is 0. The molecule has 0 saturated carbocycles. The fraction of sp³-hybridized carbons (Fsp3) is 0.750. The van der Waals surface area contributed by atoms with E-state index in [1.54, 1.807) is 0 Å². The molecule has 0 bridgehead atoms. The molecule has 0 spiro atoms. The van der Waals surface area contributed by atoms with Crippen molar-refractivity contribution in [2.75, 3.05) is 0 Å². The molecule has 0 nitrogen and oxygen atoms in total. The number of rotatable bonds is 8. The molecular weight excluding hydrogens is 144 g/mol. The molecule has 0 aromatic carbocycles. The summed E-state index contributed by atoms with van der Waals surface area (Å²) < 4.78 is 0. The van der Waals surface area contributed by atoms with E-state index >= 15 is 0 Å². The SMILES string of the molecule is [CH2]CCCCCCC(=C)CCC. The van der Waals surface area contributed by atoms with E-state index in [2.05, 4.69) is 20.4 Å². The lowest BCUT2D eigenvalue weighted by atomic mass is 10.0. The highest BCUT2D eigenvalue weighted by Gasteiger charge is 1.93. The van der Waals surface area contributed by atoms with E-state index in [9.17, 15) is 0 Å². The summed E-state index contributed by atoms with van der Waals surface area (Å²) in [6, 6.07) is 0. The highest BCUT2D eigenvalue weighted by Crippen LogP contribution is 2.13. The third kappa shape index (κ3) is 7.84. The fourth-order valence-corrected chi connectivity index (χ4v) is 1.38. The van der Waals surface area contributed by atoms with Gasteiger partial charge in [0.25, 0.3) is 0 Å². The van der Waals surface area contributed by atoms with Crippen molar-refractivity contribution in [2.24, 2.45) is 0 Å². The van der Waals surface area contributed by atoms with Crippen molar-refractivity contribution < 1.29 is 0 Å². The average molecular weight is 167 g/mol. The van der Waals surface area contributed by atoms with Crippen molar-refractivity contribution >= 4 is 0 Å². The van der Waals surface area contributed by atoms with Crippen LogP contribution < -0.4 is 0 Å². The van der Waals surface area contributed by atoms with Crippen molar-refractivity contribution in [3.05, 3.63) is 19.1 Å². The summed E-state index contributed by atoms with van der Waals surface area (Å²) in [4.78, 5) is 0. The summed E-state index contributed by atoms with van der Waals surface area (Å²) >= 11 is 0. The zero-order chi connectivity index (χ0) is 9.23. The summed E-state index contributed by atoms with van der Waals surface area (Å²) in [6.07, 6.45) is 10.1. The molecule has 0 aliphatic carbocycles. The molecule has 0 aliphatic heterocycles. The molecule has 0 fully saturated rings. The lowest BCUT2D eigenvalue weighted by Gasteiger charge is -2.02. The van der Waals surface area contributed by atoms with Gasteiger partial charge in [0.05, 0.1) is 0 Å². The molecule has 0 N–H and O–H groups in total. The van der Waals surface area contributed by atoms with E-state index in [0.29, 0.717) is 0 Å². The zero-order valence-electron chi connectivity index (χ0n) is 8.57. The quantitative estimate of drug-likeness (QED) is 0.368. The van der Waals surface area contributed by atoms with Crippen LogP contribution in [0.25, 0.3) is 0 Å². The third-order valence-corrected chi connectivity index (χ3v) is 2.13. The maximum absolute atomic E-state index is 4.05. The predicted octanol–water partition coefficient (Wildman–Crippen LogP) is 4.52. The minimum Gasteiger partial charge on any atom is -0.0999 e. The first kappa shape index (κ1) is 11.7. The number of unbranched alkanes of at least 4 members (excludes halogenated alkanes) is 4. The molecule has 1 radical (unpaired) electrons. The van der Waals surface area contributed by atoms with E-state index in [0.717, 1.165) is 6.42 Å². The van der Waals surface area contributed by atoms with Crippen molar-refractivity contribution in [1.29, 1.82) is 0 Å². The Labute approximate surface area is 78.1 Å². The minimum atomic E-state index is 1.09. The van der Waals surface area contributed by atoms with Crippen molar-refractivity contribution in [3.63, 3.8) is 0 Å². The Bertz CT molecular complexity index is 103. The molecular formula is C12H23. The van der Waals surface area contributed by atoms with Crippen LogP contribution in [0.4, 0.5) is 0 Å². The normalized spacial score (nSPS) is 10.2. The Balaban J connectivity index is 3.03. The average Bonchev–Trinajstić information content (AvgIpc) is 2.05. The number of hydrogen-bond donors (Lipinski definition) is 0. The van der Waals surface area contributed by atoms with Crippen LogP contribution in [-0.4, -0.2) is 0 Å². The van der Waals surface area contributed by atoms with Crippen molar-refractivity contribution in [3.8, 4) is 0 Å². The Kier molecular flexibility index (Phi) is 8.64. The molecule has 0 amide bonds. The molecule has 0 unspecified atom stereocenters. The van der Waals surface area contributed by atoms with Crippen LogP contribution in [0.5, 0.6) is 0 Å². The van der Waals surface area contributed by atoms with Gasteiger partial charge in [0, 0.05) is 0 Å². The second kappa shape index (κ2) is 8.83. The molecule has 0 atom stereocenters. The largest absolute Gasteiger partial charge is 0.0999 e. The third-order valence-electron chi connectivity index (χ3n) is 2.13. The second-order valence-corrected chi connectivity index (χ2v) is 3.52. The monoisotopic (exact) mass is 167 g/mol. The van der Waals surface area contributed by atoms with Gasteiger partial charge in [-0.1, -0.05) is 58.1 Å². The van der Waals surface area contributed by atoms with E-state index in [1.165, 1.54) is 50.5 Å². The van der Waals surface area contributed by atoms with Gasteiger partial charge in [0.2, 0.25) is 0 Å². The first-order valence-electron chi connectivity index (χ1n) is 5.27. The highest BCUT2D eigenvalue weighted by atomic mass is 14.0. The lowest BCUT2D eigenvalue weighted by Crippen LogP contribution is -1.83. The predicted molar refractivity (Wildman–Crippen MR) is 57.1 cm³/mol. The standard InChI is InChI=1S/C12H23/c1-4-6-7-8-9-11-12(3)10-5-2/h1,3-11H2,2H3. The minimum absolute atomic E-state index is 1.09. The summed E-state index contributed by atoms with van der Waals surface area (Å²) in [6.45, 7) is 10.1. The Morgan fingerprint density at radius 2 is 1.67 bits per heavy atom. The Morgan fingerprint density at radius 3 is 2.25 bits per heavy atom. The maximum atomic E-state index is 4.05. The Hall–Kier alpha value is -0.260. The smallest absolute Gasteiger partial charge is 0.0323 e. The molecule has 0 saturated heterocycles. The van der Waals surface area contributed by atoms with Crippen molar-refractivity contribution in [1.82, 2.24) is 0 Å². The van der Waals surface area contributed by atoms with Gasteiger partial charge in [0.1, 0.15) is 0 Å². The fourth-order valence-electron chi connectivity index (χ4n) is 1.38. The van der Waals surface area contributed by atoms with Crippen molar-refractivity contribution in [2.45, 2.75) is 58.3 Å². The van der Waals surface area contributed by atoms with Gasteiger partial charge in [-0.25, -0.2) is 0 Å². The van der Waals surface area contributed by atoms with Gasteiger partial charge in [-0.15, -0.1) is 0 Å². The summed E-state index contributed by atoms with van der Waals surface area (Å²) in [5.41, 5.74) is 1.44. The lowest BCUT2D eigenvalue weighted by molar-refractivity contribution is 0.635. The molecule has 71 valence electrons. The Morgan fingerprint density at radius 1 is 1.00 bits per heavy atom. The van der Waals surface area contributed by atoms with Gasteiger partial charge in [-0.2, -0.15) is 0 Å². The number of allylic oxidation sites excluding steroid dienone is 1. The topological polar surface area (TPSA) is 0 Å². The molecule has 12 heavy (non-hydrogen) atoms. The van der Waals surface area contributed by atoms with Gasteiger partial charge in [0.15, 0.2) is 0 Å². The van der Waals surface area contributed by atoms with E-state index < -0.39 is 0 Å². The van der Waals surface area contributed by atoms with Crippen LogP contribution in [0.15, 0.2) is 12.2 Å². The van der Waals surface area contributed by atoms with Crippen LogP contribution >= 0.6 is 0 Å². The van der Waals surface area contributed by atoms with E-state index in [-0.39, 0.29) is 0 Å². The van der Waals surface area contributed by atoms with Gasteiger partial charge in [-0.05, 0) is 19.3 Å². The van der Waals surface area contributed by atoms with Gasteiger partial charge < -0.3 is 0 Å². The molecule has 0 heteroatoms. The number of hydrogen-bond acceptors (Lipinski definition) is 0. The second-order valence-electron chi connectivity index (χ2n) is 3.52. The summed E-state index contributed by atoms with van der Waals surface area (Å²) in [7, 11) is 0. The molecule has 0 aromatic heterocycles. The van der Waals surface area contributed by atoms with Crippen LogP contribution in [0.2, 0.25) is 0 Å². The van der Waals surface area contributed by atoms with E-state index in [1.807, 2.05) is 0 Å². The first-order chi connectivity index (χ1) is 5.81. The molecule has 0 aromatic rings. The van der Waals surface area contributed by atoms with Crippen LogP contribution in [0, 0.1) is 6.92 Å². The van der Waals surface area contributed by atoms with Crippen LogP contribution in [0.3, 0.4) is 0 Å². The van der Waals surface area contributed by atoms with Crippen LogP contribution in [-0.2, 0) is 0 Å². The van der Waals surface area contributed by atoms with Gasteiger partial charge >= 0.3 is 0 Å². The molecule has 0 rings (SSSR count). The highest BCUT2D eigenvalue weighted by molar-refractivity contribution is 4.92. The summed E-state index contributed by atoms with van der Waals surface area (Å²) in [5.74, 6) is 0. The maximum Gasteiger partial charge on any atom is -0.0323 e. The first-order valence-corrected chi connectivity index (χ1v) is 5.27.